The Labute approximate surface area is 166 Å². The molecule has 150 valence electrons. The van der Waals surface area contributed by atoms with Crippen LogP contribution in [0.5, 0.6) is 0 Å². The van der Waals surface area contributed by atoms with Crippen molar-refractivity contribution in [1.82, 2.24) is 4.98 Å². The van der Waals surface area contributed by atoms with Crippen molar-refractivity contribution in [2.45, 2.75) is 31.7 Å². The molecule has 1 aromatic heterocycles. The summed E-state index contributed by atoms with van der Waals surface area (Å²) < 4.78 is 13.6. The van der Waals surface area contributed by atoms with Crippen LogP contribution in [0, 0.1) is 11.7 Å². The zero-order chi connectivity index (χ0) is 19.3. The first-order valence-electron chi connectivity index (χ1n) is 10.3. The molecule has 5 nitrogen and oxygen atoms in total. The highest BCUT2D eigenvalue weighted by molar-refractivity contribution is 5.55. The van der Waals surface area contributed by atoms with Crippen LogP contribution in [0.4, 0.5) is 21.6 Å². The Morgan fingerprint density at radius 3 is 2.64 bits per heavy atom. The minimum atomic E-state index is -0.220. The van der Waals surface area contributed by atoms with E-state index in [1.165, 1.54) is 31.0 Å². The van der Waals surface area contributed by atoms with Gasteiger partial charge in [0.25, 0.3) is 0 Å². The average molecular weight is 384 g/mol. The number of nitrogens with zero attached hydrogens (tertiary/aromatic N) is 3. The zero-order valence-corrected chi connectivity index (χ0v) is 16.2. The molecular formula is C22H29FN4O. The van der Waals surface area contributed by atoms with Gasteiger partial charge in [-0.2, -0.15) is 0 Å². The van der Waals surface area contributed by atoms with E-state index in [1.54, 1.807) is 12.1 Å². The van der Waals surface area contributed by atoms with Gasteiger partial charge in [-0.15, -0.1) is 0 Å². The number of halogens is 1. The molecule has 0 radical (unpaired) electrons. The molecule has 2 fully saturated rings. The first-order valence-corrected chi connectivity index (χ1v) is 10.3. The second kappa shape index (κ2) is 8.78. The number of rotatable bonds is 5. The number of anilines is 3. The Balaban J connectivity index is 1.48. The predicted octanol–water partition coefficient (Wildman–Crippen LogP) is 3.51. The third kappa shape index (κ3) is 4.38. The van der Waals surface area contributed by atoms with Gasteiger partial charge in [-0.05, 0) is 49.9 Å². The van der Waals surface area contributed by atoms with Crippen LogP contribution < -0.4 is 15.1 Å². The van der Waals surface area contributed by atoms with Gasteiger partial charge in [-0.3, -0.25) is 0 Å². The van der Waals surface area contributed by atoms with Gasteiger partial charge < -0.3 is 20.2 Å². The summed E-state index contributed by atoms with van der Waals surface area (Å²) in [7, 11) is 0. The van der Waals surface area contributed by atoms with E-state index in [1.807, 2.05) is 12.3 Å². The monoisotopic (exact) mass is 384 g/mol. The lowest BCUT2D eigenvalue weighted by atomic mass is 9.92. The standard InChI is InChI=1S/C22H29FN4O/c23-18-5-4-6-19(13-18)27-12-8-17(16-28)21(15-27)25-22-14-20(7-9-24-22)26-10-2-1-3-11-26/h4-7,9,13-14,17,21,28H,1-3,8,10-12,15-16H2,(H,24,25)/t17-,21+/m0/s1. The maximum Gasteiger partial charge on any atom is 0.128 e. The Kier molecular flexibility index (Phi) is 5.95. The van der Waals surface area contributed by atoms with E-state index in [2.05, 4.69) is 32.2 Å². The van der Waals surface area contributed by atoms with Crippen molar-refractivity contribution in [3.05, 3.63) is 48.4 Å². The first-order chi connectivity index (χ1) is 13.7. The van der Waals surface area contributed by atoms with Gasteiger partial charge in [0.1, 0.15) is 11.6 Å². The molecule has 2 N–H and O–H groups in total. The Hall–Kier alpha value is -2.34. The summed E-state index contributed by atoms with van der Waals surface area (Å²) in [5.74, 6) is 0.778. The number of nitrogens with one attached hydrogen (secondary N) is 1. The first kappa shape index (κ1) is 19.0. The fraction of sp³-hybridized carbons (Fsp3) is 0.500. The van der Waals surface area contributed by atoms with Crippen molar-refractivity contribution in [3.8, 4) is 0 Å². The molecule has 0 saturated carbocycles. The van der Waals surface area contributed by atoms with E-state index in [-0.39, 0.29) is 24.4 Å². The zero-order valence-electron chi connectivity index (χ0n) is 16.2. The van der Waals surface area contributed by atoms with Crippen molar-refractivity contribution >= 4 is 17.2 Å². The van der Waals surface area contributed by atoms with E-state index in [9.17, 15) is 9.50 Å². The van der Waals surface area contributed by atoms with Gasteiger partial charge in [-0.1, -0.05) is 6.07 Å². The van der Waals surface area contributed by atoms with Crippen LogP contribution in [0.2, 0.25) is 0 Å². The summed E-state index contributed by atoms with van der Waals surface area (Å²) in [6, 6.07) is 11.0. The summed E-state index contributed by atoms with van der Waals surface area (Å²) >= 11 is 0. The lowest BCUT2D eigenvalue weighted by molar-refractivity contribution is 0.192. The number of hydrogen-bond acceptors (Lipinski definition) is 5. The molecule has 2 aliphatic rings. The molecule has 3 heterocycles. The SMILES string of the molecule is OC[C@@H]1CCN(c2cccc(F)c2)C[C@H]1Nc1cc(N2CCCCC2)ccn1. The van der Waals surface area contributed by atoms with E-state index in [4.69, 9.17) is 0 Å². The summed E-state index contributed by atoms with van der Waals surface area (Å²) in [5, 5.41) is 13.4. The van der Waals surface area contributed by atoms with E-state index in [0.717, 1.165) is 37.6 Å². The number of aliphatic hydroxyl groups is 1. The van der Waals surface area contributed by atoms with Crippen LogP contribution >= 0.6 is 0 Å². The Bertz CT molecular complexity index is 781. The van der Waals surface area contributed by atoms with Crippen molar-refractivity contribution in [1.29, 1.82) is 0 Å². The molecule has 0 spiro atoms. The van der Waals surface area contributed by atoms with Crippen molar-refractivity contribution in [3.63, 3.8) is 0 Å². The molecule has 1 aromatic carbocycles. The molecule has 0 aliphatic carbocycles. The topological polar surface area (TPSA) is 51.6 Å². The van der Waals surface area contributed by atoms with E-state index >= 15 is 0 Å². The fourth-order valence-electron chi connectivity index (χ4n) is 4.33. The van der Waals surface area contributed by atoms with Crippen LogP contribution in [-0.2, 0) is 0 Å². The van der Waals surface area contributed by atoms with Gasteiger partial charge in [0.05, 0.1) is 6.04 Å². The van der Waals surface area contributed by atoms with Gasteiger partial charge in [-0.25, -0.2) is 9.37 Å². The second-order valence-electron chi connectivity index (χ2n) is 7.86. The minimum Gasteiger partial charge on any atom is -0.396 e. The van der Waals surface area contributed by atoms with Crippen molar-refractivity contribution in [2.24, 2.45) is 5.92 Å². The van der Waals surface area contributed by atoms with Crippen molar-refractivity contribution < 1.29 is 9.50 Å². The molecule has 2 aromatic rings. The number of aliphatic hydroxyl groups excluding tert-OH is 1. The number of pyridine rings is 1. The Morgan fingerprint density at radius 1 is 1.04 bits per heavy atom. The summed E-state index contributed by atoms with van der Waals surface area (Å²) in [4.78, 5) is 9.11. The maximum absolute atomic E-state index is 13.6. The van der Waals surface area contributed by atoms with Crippen LogP contribution in [-0.4, -0.2) is 48.9 Å². The molecule has 4 rings (SSSR count). The fourth-order valence-corrected chi connectivity index (χ4v) is 4.33. The molecular weight excluding hydrogens is 355 g/mol. The molecule has 2 saturated heterocycles. The van der Waals surface area contributed by atoms with Crippen LogP contribution in [0.3, 0.4) is 0 Å². The highest BCUT2D eigenvalue weighted by Gasteiger charge is 2.29. The predicted molar refractivity (Wildman–Crippen MR) is 112 cm³/mol. The number of piperidine rings is 2. The third-order valence-corrected chi connectivity index (χ3v) is 5.96. The van der Waals surface area contributed by atoms with Crippen molar-refractivity contribution in [2.75, 3.05) is 47.9 Å². The number of hydrogen-bond donors (Lipinski definition) is 2. The lowest BCUT2D eigenvalue weighted by Crippen LogP contribution is -2.49. The lowest BCUT2D eigenvalue weighted by Gasteiger charge is -2.40. The number of benzene rings is 1. The smallest absolute Gasteiger partial charge is 0.128 e. The van der Waals surface area contributed by atoms with E-state index < -0.39 is 0 Å². The highest BCUT2D eigenvalue weighted by Crippen LogP contribution is 2.27. The van der Waals surface area contributed by atoms with Gasteiger partial charge in [0.2, 0.25) is 0 Å². The van der Waals surface area contributed by atoms with E-state index in [0.29, 0.717) is 6.54 Å². The Morgan fingerprint density at radius 2 is 1.86 bits per heavy atom. The molecule has 6 heteroatoms. The van der Waals surface area contributed by atoms with Gasteiger partial charge in [0.15, 0.2) is 0 Å². The normalized spacial score (nSPS) is 22.9. The van der Waals surface area contributed by atoms with Crippen LogP contribution in [0.1, 0.15) is 25.7 Å². The minimum absolute atomic E-state index is 0.0612. The number of aromatic nitrogens is 1. The van der Waals surface area contributed by atoms with Gasteiger partial charge in [0, 0.05) is 62.3 Å². The molecule has 2 atom stereocenters. The second-order valence-corrected chi connectivity index (χ2v) is 7.86. The summed E-state index contributed by atoms with van der Waals surface area (Å²) in [5.41, 5.74) is 2.09. The quantitative estimate of drug-likeness (QED) is 0.826. The van der Waals surface area contributed by atoms with Crippen LogP contribution in [0.15, 0.2) is 42.6 Å². The highest BCUT2D eigenvalue weighted by atomic mass is 19.1. The largest absolute Gasteiger partial charge is 0.396 e. The summed E-state index contributed by atoms with van der Waals surface area (Å²) in [6.07, 6.45) is 6.50. The summed E-state index contributed by atoms with van der Waals surface area (Å²) in [6.45, 7) is 3.86. The molecule has 0 bridgehead atoms. The molecule has 28 heavy (non-hydrogen) atoms. The average Bonchev–Trinajstić information content (AvgIpc) is 2.74. The molecule has 0 unspecified atom stereocenters. The maximum atomic E-state index is 13.6. The molecule has 2 aliphatic heterocycles. The third-order valence-electron chi connectivity index (χ3n) is 5.96. The van der Waals surface area contributed by atoms with Crippen LogP contribution in [0.25, 0.3) is 0 Å². The molecule has 0 amide bonds. The van der Waals surface area contributed by atoms with Gasteiger partial charge >= 0.3 is 0 Å².